The first kappa shape index (κ1) is 40.2. The number of hydrogen-bond acceptors (Lipinski definition) is 10. The molecule has 2 fully saturated rings. The number of anilines is 2. The van der Waals surface area contributed by atoms with Crippen molar-refractivity contribution in [2.45, 2.75) is 83.8 Å². The number of likely N-dealkylation sites (tertiary alicyclic amines) is 1. The molecule has 2 aliphatic rings. The average Bonchev–Trinajstić information content (AvgIpc) is 3.51. The summed E-state index contributed by atoms with van der Waals surface area (Å²) in [7, 11) is -1.30. The maximum atomic E-state index is 15.5. The predicted molar refractivity (Wildman–Crippen MR) is 208 cm³/mol. The fraction of sp³-hybridized carbons (Fsp3) is 0.513. The van der Waals surface area contributed by atoms with E-state index in [9.17, 15) is 9.59 Å². The lowest BCUT2D eigenvalue weighted by atomic mass is 10.1. The van der Waals surface area contributed by atoms with Crippen LogP contribution in [0.2, 0.25) is 25.7 Å². The third-order valence-electron chi connectivity index (χ3n) is 9.31. The summed E-state index contributed by atoms with van der Waals surface area (Å²) in [5.74, 6) is 0.181. The number of nitrogens with zero attached hydrogens (tertiary/aromatic N) is 6. The van der Waals surface area contributed by atoms with Crippen molar-refractivity contribution in [2.24, 2.45) is 0 Å². The fourth-order valence-corrected chi connectivity index (χ4v) is 7.20. The zero-order chi connectivity index (χ0) is 39.4. The minimum Gasteiger partial charge on any atom is -0.444 e. The molecule has 4 aromatic rings. The molecule has 0 radical (unpaired) electrons. The second-order valence-corrected chi connectivity index (χ2v) is 21.7. The quantitative estimate of drug-likeness (QED) is 0.115. The van der Waals surface area contributed by atoms with E-state index in [2.05, 4.69) is 50.9 Å². The van der Waals surface area contributed by atoms with Crippen LogP contribution in [0.4, 0.5) is 25.1 Å². The molecule has 1 N–H and O–H groups in total. The Balaban J connectivity index is 1.16. The molecule has 2 amide bonds. The third kappa shape index (κ3) is 10.4. The molecule has 3 aromatic heterocycles. The van der Waals surface area contributed by atoms with Gasteiger partial charge in [0.1, 0.15) is 35.8 Å². The molecule has 0 saturated carbocycles. The van der Waals surface area contributed by atoms with Gasteiger partial charge in [-0.2, -0.15) is 8.78 Å². The van der Waals surface area contributed by atoms with Gasteiger partial charge in [0, 0.05) is 46.2 Å². The molecule has 296 valence electrons. The van der Waals surface area contributed by atoms with Crippen LogP contribution in [0.25, 0.3) is 22.3 Å². The van der Waals surface area contributed by atoms with E-state index in [1.165, 1.54) is 4.90 Å². The number of rotatable bonds is 12. The number of nitrogens with one attached hydrogen (secondary N) is 1. The van der Waals surface area contributed by atoms with E-state index in [0.717, 1.165) is 65.6 Å². The minimum atomic E-state index is -3.73. The Bertz CT molecular complexity index is 1960. The number of pyridine rings is 1. The smallest absolute Gasteiger partial charge is 0.410 e. The number of aromatic nitrogens is 4. The van der Waals surface area contributed by atoms with Crippen LogP contribution >= 0.6 is 0 Å². The summed E-state index contributed by atoms with van der Waals surface area (Å²) in [6.45, 7) is 16.2. The third-order valence-corrected chi connectivity index (χ3v) is 11.0. The van der Waals surface area contributed by atoms with Crippen LogP contribution in [0, 0.1) is 0 Å². The van der Waals surface area contributed by atoms with Crippen molar-refractivity contribution < 1.29 is 37.3 Å². The summed E-state index contributed by atoms with van der Waals surface area (Å²) in [6, 6.07) is 12.5. The maximum Gasteiger partial charge on any atom is 0.410 e. The Morgan fingerprint density at radius 2 is 1.75 bits per heavy atom. The molecule has 16 heteroatoms. The van der Waals surface area contributed by atoms with E-state index < -0.39 is 43.5 Å². The molecule has 13 nitrogen and oxygen atoms in total. The number of morpholine rings is 1. The Morgan fingerprint density at radius 1 is 1.00 bits per heavy atom. The zero-order valence-electron chi connectivity index (χ0n) is 32.4. The van der Waals surface area contributed by atoms with Crippen LogP contribution in [-0.2, 0) is 31.8 Å². The fourth-order valence-electron chi connectivity index (χ4n) is 6.44. The molecule has 0 bridgehead atoms. The molecule has 0 aliphatic carbocycles. The first-order valence-electron chi connectivity index (χ1n) is 18.7. The lowest BCUT2D eigenvalue weighted by Gasteiger charge is -2.35. The molecular weight excluding hydrogens is 729 g/mol. The van der Waals surface area contributed by atoms with Gasteiger partial charge in [0.25, 0.3) is 5.91 Å². The number of carbonyl (C=O) groups is 2. The highest BCUT2D eigenvalue weighted by Gasteiger charge is 2.39. The first-order chi connectivity index (χ1) is 26.1. The SMILES string of the molecule is CC(C)(C)OC(=O)N1CCCC(OC(F)(F)c2ccnc(C(=O)Nc3ccc(-c4cc5c(N6CCOCC6)ncnc5n4COCC[Si](C)(C)C)cc3)c2)C1. The molecule has 2 saturated heterocycles. The van der Waals surface area contributed by atoms with Gasteiger partial charge in [-0.15, -0.1) is 0 Å². The molecular formula is C39H51F2N7O6Si. The topological polar surface area (TPSA) is 133 Å². The van der Waals surface area contributed by atoms with Crippen molar-refractivity contribution in [3.8, 4) is 11.3 Å². The van der Waals surface area contributed by atoms with Crippen molar-refractivity contribution in [3.63, 3.8) is 0 Å². The summed E-state index contributed by atoms with van der Waals surface area (Å²) < 4.78 is 55.4. The van der Waals surface area contributed by atoms with Crippen LogP contribution in [0.1, 0.15) is 49.7 Å². The van der Waals surface area contributed by atoms with Crippen LogP contribution in [-0.4, -0.2) is 102 Å². The molecule has 6 rings (SSSR count). The predicted octanol–water partition coefficient (Wildman–Crippen LogP) is 7.36. The van der Waals surface area contributed by atoms with Gasteiger partial charge in [-0.25, -0.2) is 14.8 Å². The summed E-state index contributed by atoms with van der Waals surface area (Å²) >= 11 is 0. The van der Waals surface area contributed by atoms with Crippen LogP contribution in [0.15, 0.2) is 55.0 Å². The highest BCUT2D eigenvalue weighted by atomic mass is 28.3. The van der Waals surface area contributed by atoms with E-state index in [4.69, 9.17) is 18.9 Å². The summed E-state index contributed by atoms with van der Waals surface area (Å²) in [4.78, 5) is 42.8. The van der Waals surface area contributed by atoms with E-state index in [-0.39, 0.29) is 12.2 Å². The number of carbonyl (C=O) groups excluding carboxylic acids is 2. The molecule has 55 heavy (non-hydrogen) atoms. The van der Waals surface area contributed by atoms with Crippen molar-refractivity contribution in [3.05, 3.63) is 66.2 Å². The van der Waals surface area contributed by atoms with Gasteiger partial charge < -0.3 is 38.6 Å². The second-order valence-electron chi connectivity index (χ2n) is 16.1. The maximum absolute atomic E-state index is 15.5. The first-order valence-corrected chi connectivity index (χ1v) is 22.4. The monoisotopic (exact) mass is 779 g/mol. The number of alkyl halides is 2. The van der Waals surface area contributed by atoms with Crippen molar-refractivity contribution in [2.75, 3.05) is 56.2 Å². The van der Waals surface area contributed by atoms with Gasteiger partial charge in [0.15, 0.2) is 0 Å². The Morgan fingerprint density at radius 3 is 2.45 bits per heavy atom. The zero-order valence-corrected chi connectivity index (χ0v) is 33.4. The van der Waals surface area contributed by atoms with Gasteiger partial charge in [0.05, 0.1) is 42.5 Å². The van der Waals surface area contributed by atoms with Crippen molar-refractivity contribution >= 4 is 42.6 Å². The summed E-state index contributed by atoms with van der Waals surface area (Å²) in [6.07, 6.45) is -1.67. The summed E-state index contributed by atoms with van der Waals surface area (Å²) in [5.41, 5.74) is 1.52. The number of piperidine rings is 1. The standard InChI is InChI=1S/C39H51F2N7O6Si/c1-38(2,3)54-37(50)47-15-7-8-30(24-47)53-39(40,41)28-13-14-42-32(22-28)36(49)45-29-11-9-27(10-12-29)33-23-31-34(46-16-18-51-19-17-46)43-25-44-35(31)48(33)26-52-20-21-55(4,5)6/h9-14,22-23,25,30H,7-8,15-21,24,26H2,1-6H3,(H,45,49). The van der Waals surface area contributed by atoms with E-state index in [1.54, 1.807) is 39.2 Å². The number of amides is 2. The molecule has 5 heterocycles. The van der Waals surface area contributed by atoms with Crippen molar-refractivity contribution in [1.29, 1.82) is 0 Å². The molecule has 0 spiro atoms. The summed E-state index contributed by atoms with van der Waals surface area (Å²) in [5, 5.41) is 3.67. The van der Waals surface area contributed by atoms with Crippen LogP contribution < -0.4 is 10.2 Å². The number of hydrogen-bond donors (Lipinski definition) is 1. The number of halogens is 2. The van der Waals surface area contributed by atoms with E-state index >= 15 is 8.78 Å². The Labute approximate surface area is 321 Å². The van der Waals surface area contributed by atoms with Gasteiger partial charge in [-0.05, 0) is 75.6 Å². The number of fused-ring (bicyclic) bond motifs is 1. The highest BCUT2D eigenvalue weighted by molar-refractivity contribution is 6.76. The van der Waals surface area contributed by atoms with Crippen LogP contribution in [0.5, 0.6) is 0 Å². The molecule has 1 atom stereocenters. The van der Waals surface area contributed by atoms with E-state index in [1.807, 2.05) is 16.7 Å². The van der Waals surface area contributed by atoms with Gasteiger partial charge in [0.2, 0.25) is 0 Å². The second kappa shape index (κ2) is 16.7. The van der Waals surface area contributed by atoms with Crippen LogP contribution in [0.3, 0.4) is 0 Å². The average molecular weight is 780 g/mol. The number of ether oxygens (including phenoxy) is 4. The minimum absolute atomic E-state index is 0.0340. The number of benzene rings is 1. The van der Waals surface area contributed by atoms with Crippen molar-refractivity contribution in [1.82, 2.24) is 24.4 Å². The van der Waals surface area contributed by atoms with Gasteiger partial charge in [-0.3, -0.25) is 9.78 Å². The van der Waals surface area contributed by atoms with E-state index in [0.29, 0.717) is 51.6 Å². The lowest BCUT2D eigenvalue weighted by molar-refractivity contribution is -0.278. The van der Waals surface area contributed by atoms with Gasteiger partial charge >= 0.3 is 12.2 Å². The largest absolute Gasteiger partial charge is 0.444 e. The van der Waals surface area contributed by atoms with Gasteiger partial charge in [-0.1, -0.05) is 31.8 Å². The highest BCUT2D eigenvalue weighted by Crippen LogP contribution is 2.35. The Kier molecular flexibility index (Phi) is 12.2. The normalized spacial score (nSPS) is 17.1. The molecule has 1 aromatic carbocycles. The Hall–Kier alpha value is -4.51. The molecule has 1 unspecified atom stereocenters. The lowest BCUT2D eigenvalue weighted by Crippen LogP contribution is -2.46. The molecule has 2 aliphatic heterocycles.